The molecular weight excluding hydrogens is 450 g/mol. The molecule has 2 aliphatic rings. The number of hydrogen-bond acceptors (Lipinski definition) is 5. The minimum absolute atomic E-state index is 0.00228. The van der Waals surface area contributed by atoms with Gasteiger partial charge in [0.25, 0.3) is 5.91 Å². The minimum Gasteiger partial charge on any atom is -0.387 e. The van der Waals surface area contributed by atoms with E-state index in [4.69, 9.17) is 5.73 Å². The number of anilines is 2. The van der Waals surface area contributed by atoms with Gasteiger partial charge in [0, 0.05) is 54.1 Å². The Morgan fingerprint density at radius 1 is 1.08 bits per heavy atom. The standard InChI is InChI=1S/C27H33N5O2.C2H6/c1-3-12-32(13-4-2)27(34)21-14-19-7-8-20(15-24(19)31-25(28)16-21)26(33)30-22-10-9-18-6-5-11-29-23(18)17-22;1-2/h7-10,14-15,17,29H,3-6,11-13,16H2,1-2H3,(H2,28,31)(H,30,33);1-2H3. The van der Waals surface area contributed by atoms with Gasteiger partial charge >= 0.3 is 0 Å². The van der Waals surface area contributed by atoms with Crippen LogP contribution in [0.3, 0.4) is 0 Å². The third-order valence-electron chi connectivity index (χ3n) is 6.11. The van der Waals surface area contributed by atoms with Crippen LogP contribution in [0.4, 0.5) is 17.1 Å². The first kappa shape index (κ1) is 27.0. The lowest BCUT2D eigenvalue weighted by Gasteiger charge is -2.22. The van der Waals surface area contributed by atoms with Crippen molar-refractivity contribution in [2.24, 2.45) is 10.7 Å². The average Bonchev–Trinajstić information content (AvgIpc) is 3.06. The summed E-state index contributed by atoms with van der Waals surface area (Å²) in [6, 6.07) is 11.3. The Morgan fingerprint density at radius 2 is 1.83 bits per heavy atom. The Labute approximate surface area is 214 Å². The maximum absolute atomic E-state index is 13.1. The highest BCUT2D eigenvalue weighted by atomic mass is 16.2. The number of nitrogens with two attached hydrogens (primary N) is 1. The summed E-state index contributed by atoms with van der Waals surface area (Å²) in [7, 11) is 0. The molecule has 2 amide bonds. The number of carbonyl (C=O) groups is 2. The van der Waals surface area contributed by atoms with Crippen molar-refractivity contribution in [1.82, 2.24) is 4.90 Å². The van der Waals surface area contributed by atoms with E-state index in [1.54, 1.807) is 12.1 Å². The van der Waals surface area contributed by atoms with Crippen LogP contribution >= 0.6 is 0 Å². The summed E-state index contributed by atoms with van der Waals surface area (Å²) in [5.41, 5.74) is 11.8. The summed E-state index contributed by atoms with van der Waals surface area (Å²) in [6.45, 7) is 10.5. The molecular formula is C29H39N5O2. The highest BCUT2D eigenvalue weighted by molar-refractivity contribution is 6.08. The van der Waals surface area contributed by atoms with Crippen LogP contribution in [0.2, 0.25) is 0 Å². The fourth-order valence-electron chi connectivity index (χ4n) is 4.47. The van der Waals surface area contributed by atoms with E-state index in [0.717, 1.165) is 49.2 Å². The first-order valence-corrected chi connectivity index (χ1v) is 13.1. The van der Waals surface area contributed by atoms with Gasteiger partial charge in [-0.05, 0) is 61.6 Å². The number of nitrogens with one attached hydrogen (secondary N) is 2. The topological polar surface area (TPSA) is 99.8 Å². The fraction of sp³-hybridized carbons (Fsp3) is 0.414. The first-order chi connectivity index (χ1) is 17.5. The third kappa shape index (κ3) is 6.53. The lowest BCUT2D eigenvalue weighted by molar-refractivity contribution is -0.127. The van der Waals surface area contributed by atoms with Gasteiger partial charge in [0.15, 0.2) is 0 Å². The monoisotopic (exact) mass is 489 g/mol. The van der Waals surface area contributed by atoms with Crippen LogP contribution in [0.25, 0.3) is 6.08 Å². The molecule has 0 bridgehead atoms. The van der Waals surface area contributed by atoms with Crippen LogP contribution in [0.5, 0.6) is 0 Å². The molecule has 2 heterocycles. The molecule has 4 N–H and O–H groups in total. The number of amides is 2. The van der Waals surface area contributed by atoms with Gasteiger partial charge in [-0.15, -0.1) is 0 Å². The highest BCUT2D eigenvalue weighted by Gasteiger charge is 2.21. The Balaban J connectivity index is 0.00000176. The molecule has 0 aliphatic carbocycles. The first-order valence-electron chi connectivity index (χ1n) is 13.1. The number of carbonyl (C=O) groups excluding carboxylic acids is 2. The molecule has 4 rings (SSSR count). The fourth-order valence-corrected chi connectivity index (χ4v) is 4.47. The molecule has 2 aliphatic heterocycles. The Kier molecular flexibility index (Phi) is 9.68. The van der Waals surface area contributed by atoms with Crippen molar-refractivity contribution < 1.29 is 9.59 Å². The summed E-state index contributed by atoms with van der Waals surface area (Å²) in [5, 5.41) is 6.36. The van der Waals surface area contributed by atoms with Crippen LogP contribution in [-0.4, -0.2) is 42.2 Å². The van der Waals surface area contributed by atoms with E-state index in [1.807, 2.05) is 43.0 Å². The Bertz CT molecular complexity index is 1150. The van der Waals surface area contributed by atoms with Crippen molar-refractivity contribution in [3.8, 4) is 0 Å². The number of rotatable bonds is 7. The largest absolute Gasteiger partial charge is 0.387 e. The zero-order chi connectivity index (χ0) is 26.1. The zero-order valence-electron chi connectivity index (χ0n) is 22.0. The molecule has 0 saturated carbocycles. The second-order valence-corrected chi connectivity index (χ2v) is 8.87. The van der Waals surface area contributed by atoms with E-state index in [2.05, 4.69) is 35.5 Å². The van der Waals surface area contributed by atoms with E-state index < -0.39 is 0 Å². The quantitative estimate of drug-likeness (QED) is 0.461. The lowest BCUT2D eigenvalue weighted by atomic mass is 10.0. The molecule has 2 aromatic carbocycles. The van der Waals surface area contributed by atoms with Crippen molar-refractivity contribution in [3.05, 3.63) is 58.7 Å². The van der Waals surface area contributed by atoms with Gasteiger partial charge in [-0.25, -0.2) is 4.99 Å². The summed E-state index contributed by atoms with van der Waals surface area (Å²) in [6.07, 6.45) is 6.12. The smallest absolute Gasteiger partial charge is 0.255 e. The van der Waals surface area contributed by atoms with Crippen LogP contribution in [-0.2, 0) is 11.2 Å². The summed E-state index contributed by atoms with van der Waals surface area (Å²) < 4.78 is 0. The van der Waals surface area contributed by atoms with Crippen LogP contribution in [0.15, 0.2) is 47.0 Å². The Hall–Kier alpha value is -3.61. The van der Waals surface area contributed by atoms with Crippen LogP contribution in [0.1, 0.15) is 74.9 Å². The normalized spacial score (nSPS) is 13.9. The van der Waals surface area contributed by atoms with Crippen LogP contribution < -0.4 is 16.4 Å². The van der Waals surface area contributed by atoms with Gasteiger partial charge in [0.1, 0.15) is 5.84 Å². The number of benzene rings is 2. The average molecular weight is 490 g/mol. The SMILES string of the molecule is CC.CCCN(CCC)C(=O)C1=Cc2ccc(C(=O)Nc3ccc4c(c3)NCCC4)cc2N=C(N)C1. The van der Waals surface area contributed by atoms with Crippen molar-refractivity contribution >= 4 is 40.8 Å². The molecule has 0 atom stereocenters. The summed E-state index contributed by atoms with van der Waals surface area (Å²) in [4.78, 5) is 32.5. The predicted octanol–water partition coefficient (Wildman–Crippen LogP) is 5.75. The van der Waals surface area contributed by atoms with Gasteiger partial charge in [-0.3, -0.25) is 9.59 Å². The van der Waals surface area contributed by atoms with Gasteiger partial charge in [0.2, 0.25) is 5.91 Å². The molecule has 0 fully saturated rings. The number of aliphatic imine (C=N–C) groups is 1. The zero-order valence-corrected chi connectivity index (χ0v) is 22.0. The number of aryl methyl sites for hydroxylation is 1. The van der Waals surface area contributed by atoms with Gasteiger partial charge in [-0.2, -0.15) is 0 Å². The third-order valence-corrected chi connectivity index (χ3v) is 6.11. The highest BCUT2D eigenvalue weighted by Crippen LogP contribution is 2.30. The second kappa shape index (κ2) is 12.9. The summed E-state index contributed by atoms with van der Waals surface area (Å²) in [5.74, 6) is 0.149. The predicted molar refractivity (Wildman–Crippen MR) is 150 cm³/mol. The molecule has 7 nitrogen and oxygen atoms in total. The van der Waals surface area contributed by atoms with Gasteiger partial charge < -0.3 is 21.3 Å². The van der Waals surface area contributed by atoms with E-state index in [9.17, 15) is 9.59 Å². The number of hydrogen-bond donors (Lipinski definition) is 3. The summed E-state index contributed by atoms with van der Waals surface area (Å²) >= 11 is 0. The molecule has 192 valence electrons. The van der Waals surface area contributed by atoms with E-state index in [1.165, 1.54) is 5.56 Å². The second-order valence-electron chi connectivity index (χ2n) is 8.87. The van der Waals surface area contributed by atoms with Crippen LogP contribution in [0, 0.1) is 0 Å². The van der Waals surface area contributed by atoms with Crippen molar-refractivity contribution in [2.45, 2.75) is 59.8 Å². The van der Waals surface area contributed by atoms with Gasteiger partial charge in [-0.1, -0.05) is 39.8 Å². The molecule has 36 heavy (non-hydrogen) atoms. The maximum Gasteiger partial charge on any atom is 0.255 e. The van der Waals surface area contributed by atoms with Gasteiger partial charge in [0.05, 0.1) is 5.69 Å². The maximum atomic E-state index is 13.1. The molecule has 0 radical (unpaired) electrons. The van der Waals surface area contributed by atoms with E-state index >= 15 is 0 Å². The molecule has 0 spiro atoms. The molecule has 0 saturated heterocycles. The number of nitrogens with zero attached hydrogens (tertiary/aromatic N) is 2. The number of fused-ring (bicyclic) bond motifs is 2. The molecule has 0 unspecified atom stereocenters. The minimum atomic E-state index is -0.214. The Morgan fingerprint density at radius 3 is 2.56 bits per heavy atom. The van der Waals surface area contributed by atoms with Crippen molar-refractivity contribution in [1.29, 1.82) is 0 Å². The molecule has 7 heteroatoms. The van der Waals surface area contributed by atoms with E-state index in [-0.39, 0.29) is 11.8 Å². The van der Waals surface area contributed by atoms with Crippen molar-refractivity contribution in [3.63, 3.8) is 0 Å². The molecule has 2 aromatic rings. The van der Waals surface area contributed by atoms with Crippen molar-refractivity contribution in [2.75, 3.05) is 30.3 Å². The molecule has 0 aromatic heterocycles. The van der Waals surface area contributed by atoms with E-state index in [0.29, 0.717) is 42.2 Å². The number of amidine groups is 1. The lowest BCUT2D eigenvalue weighted by Crippen LogP contribution is -2.34.